The van der Waals surface area contributed by atoms with Gasteiger partial charge in [0.2, 0.25) is 0 Å². The van der Waals surface area contributed by atoms with E-state index >= 15 is 0 Å². The van der Waals surface area contributed by atoms with Gasteiger partial charge in [-0.1, -0.05) is 39.9 Å². The Bertz CT molecular complexity index is 4150. The van der Waals surface area contributed by atoms with E-state index in [0.29, 0.717) is 35.2 Å². The molecule has 0 amide bonds. The van der Waals surface area contributed by atoms with Crippen molar-refractivity contribution in [1.29, 1.82) is 0 Å². The molecule has 7 aromatic carbocycles. The van der Waals surface area contributed by atoms with Crippen LogP contribution in [0.25, 0.3) is 32.3 Å². The van der Waals surface area contributed by atoms with Gasteiger partial charge in [0.05, 0.1) is 91.5 Å². The van der Waals surface area contributed by atoms with Crippen molar-refractivity contribution in [3.8, 4) is 23.0 Å². The summed E-state index contributed by atoms with van der Waals surface area (Å²) >= 11 is 1.00. The highest BCUT2D eigenvalue weighted by atomic mass is 32.2. The largest absolute Gasteiger partial charge is 0.505 e. The number of nitrogens with zero attached hydrogens (tertiary/aromatic N) is 8. The van der Waals surface area contributed by atoms with Gasteiger partial charge >= 0.3 is 0 Å². The zero-order chi connectivity index (χ0) is 58.1. The van der Waals surface area contributed by atoms with E-state index in [1.54, 1.807) is 0 Å². The molecule has 0 aromatic heterocycles. The number of hydrogen-bond donors (Lipinski definition) is 10. The van der Waals surface area contributed by atoms with Crippen LogP contribution in [0.3, 0.4) is 0 Å². The van der Waals surface area contributed by atoms with E-state index in [-0.39, 0.29) is 81.8 Å². The van der Waals surface area contributed by atoms with Crippen molar-refractivity contribution in [2.45, 2.75) is 24.5 Å². The topological polar surface area (TPSA) is 474 Å². The van der Waals surface area contributed by atoms with Crippen molar-refractivity contribution < 1.29 is 103 Å². The number of aromatic hydroxyl groups is 3. The molecule has 80 heavy (non-hydrogen) atoms. The maximum absolute atomic E-state index is 12.9. The van der Waals surface area contributed by atoms with Crippen LogP contribution in [0.4, 0.5) is 45.5 Å². The standard InChI is InChI=1S/C43H33N9O22S6/c1-3-4-5-25(19-78(59,60)61)47-49-37-31(76-73-70-57)13-21-12-23(8-10-27(21)41(37)53)45-50-38-32(77-74-71-58)14-22-16-33(79(62,63)64)39(36(44)35(22)43(38)55)51-46-24-7-6-20-15-34(80(65,66)67)40(42(54)28(20)17-24)52-48-29-11-9-26(68-2)18-30(29)75-72-69-56/h3-19,53-58H,1,44H2,2H3,(H,59,60,61)(H,62,63,64)(H,65,66,67)/b5-4-,25-19-,49-47?,50-45?,51-46?,52-48?. The Labute approximate surface area is 460 Å². The number of rotatable bonds is 23. The normalized spacial score (nSPS) is 13.0. The fourth-order valence-corrected chi connectivity index (χ4v) is 10.2. The van der Waals surface area contributed by atoms with E-state index in [2.05, 4.69) is 75.6 Å². The highest BCUT2D eigenvalue weighted by Gasteiger charge is 2.27. The second-order valence-corrected chi connectivity index (χ2v) is 21.4. The fourth-order valence-electron chi connectivity index (χ4n) is 6.99. The molecule has 0 fully saturated rings. The molecule has 0 saturated heterocycles. The van der Waals surface area contributed by atoms with E-state index in [1.165, 1.54) is 73.9 Å². The third-order valence-corrected chi connectivity index (χ3v) is 14.4. The van der Waals surface area contributed by atoms with Crippen LogP contribution >= 0.6 is 36.1 Å². The lowest BCUT2D eigenvalue weighted by Crippen LogP contribution is -2.02. The van der Waals surface area contributed by atoms with Gasteiger partial charge in [0.1, 0.15) is 44.0 Å². The van der Waals surface area contributed by atoms with Crippen LogP contribution in [-0.2, 0) is 58.5 Å². The SMILES string of the molecule is C=C/C=C\C(=C\S(=O)(=O)O)N=Nc1c(SOOO)cc2cc(N=Nc3c(SOOO)cc4cc(S(=O)(=O)O)c(N=Nc5ccc6cc(S(=O)(=O)O)c(N=Nc7ccc(OC)cc7SOOO)c(O)c6c5)c(N)c4c3O)ccc2c1O. The summed E-state index contributed by atoms with van der Waals surface area (Å²) in [7, 11) is -13.7. The number of azo groups is 4. The first-order valence-electron chi connectivity index (χ1n) is 20.9. The molecule has 37 heteroatoms. The molecule has 0 atom stereocenters. The summed E-state index contributed by atoms with van der Waals surface area (Å²) in [5.74, 6) is -1.97. The Morgan fingerprint density at radius 2 is 1.12 bits per heavy atom. The smallest absolute Gasteiger partial charge is 0.296 e. The van der Waals surface area contributed by atoms with Crippen LogP contribution < -0.4 is 10.5 Å². The maximum atomic E-state index is 12.9. The van der Waals surface area contributed by atoms with E-state index in [9.17, 15) is 54.2 Å². The molecule has 0 saturated carbocycles. The number of nitrogen functional groups attached to an aromatic ring is 1. The molecule has 418 valence electrons. The molecule has 0 heterocycles. The summed E-state index contributed by atoms with van der Waals surface area (Å²) in [6.07, 6.45) is 3.67. The summed E-state index contributed by atoms with van der Waals surface area (Å²) in [5.41, 5.74) is 2.92. The minimum atomic E-state index is -5.24. The molecule has 11 N–H and O–H groups in total. The molecular formula is C43H33N9O22S6. The highest BCUT2D eigenvalue weighted by molar-refractivity contribution is 7.95. The Morgan fingerprint density at radius 3 is 1.74 bits per heavy atom. The number of phenolic OH excluding ortho intramolecular Hbond substituents is 3. The average molecular weight is 1220 g/mol. The molecule has 0 aliphatic heterocycles. The zero-order valence-corrected chi connectivity index (χ0v) is 44.4. The number of methoxy groups -OCH3 is 1. The first kappa shape index (κ1) is 60.0. The third kappa shape index (κ3) is 14.2. The van der Waals surface area contributed by atoms with Crippen LogP contribution in [0.1, 0.15) is 0 Å². The van der Waals surface area contributed by atoms with Crippen LogP contribution in [0.5, 0.6) is 23.0 Å². The van der Waals surface area contributed by atoms with E-state index in [0.717, 1.165) is 30.3 Å². The lowest BCUT2D eigenvalue weighted by atomic mass is 10.0. The number of ether oxygens (including phenoxy) is 1. The Hall–Kier alpha value is -7.64. The number of nitrogens with two attached hydrogens (primary N) is 1. The molecule has 31 nitrogen and oxygen atoms in total. The van der Waals surface area contributed by atoms with Gasteiger partial charge in [-0.25, -0.2) is 15.8 Å². The average Bonchev–Trinajstić information content (AvgIpc) is 3.41. The first-order valence-corrected chi connectivity index (χ1v) is 27.5. The van der Waals surface area contributed by atoms with E-state index < -0.39 is 85.8 Å². The quantitative estimate of drug-likeness (QED) is 0.00541. The molecular weight excluding hydrogens is 1190 g/mol. The van der Waals surface area contributed by atoms with Crippen molar-refractivity contribution in [2.24, 2.45) is 40.9 Å². The zero-order valence-electron chi connectivity index (χ0n) is 39.5. The van der Waals surface area contributed by atoms with Gasteiger partial charge < -0.3 is 25.8 Å². The summed E-state index contributed by atoms with van der Waals surface area (Å²) in [4.78, 5) is -2.04. The van der Waals surface area contributed by atoms with Crippen LogP contribution in [0, 0.1) is 0 Å². The Balaban J connectivity index is 1.31. The number of allylic oxidation sites excluding steroid dienone is 3. The van der Waals surface area contributed by atoms with Crippen molar-refractivity contribution in [3.63, 3.8) is 0 Å². The lowest BCUT2D eigenvalue weighted by Gasteiger charge is -2.14. The molecule has 7 rings (SSSR count). The van der Waals surface area contributed by atoms with Crippen molar-refractivity contribution in [3.05, 3.63) is 115 Å². The summed E-state index contributed by atoms with van der Waals surface area (Å²) < 4.78 is 123. The summed E-state index contributed by atoms with van der Waals surface area (Å²) in [6, 6.07) is 16.0. The van der Waals surface area contributed by atoms with Crippen LogP contribution in [-0.4, -0.2) is 77.1 Å². The summed E-state index contributed by atoms with van der Waals surface area (Å²) in [6.45, 7) is 3.46. The van der Waals surface area contributed by atoms with Gasteiger partial charge in [-0.15, -0.1) is 43.7 Å². The Kier molecular flexibility index (Phi) is 19.2. The van der Waals surface area contributed by atoms with Gasteiger partial charge in [0.25, 0.3) is 30.4 Å². The molecule has 0 aliphatic carbocycles. The minimum Gasteiger partial charge on any atom is -0.505 e. The van der Waals surface area contributed by atoms with Gasteiger partial charge in [0.15, 0.2) is 17.2 Å². The van der Waals surface area contributed by atoms with Gasteiger partial charge in [0, 0.05) is 10.8 Å². The minimum absolute atomic E-state index is 0.00428. The van der Waals surface area contributed by atoms with E-state index in [1.807, 2.05) is 0 Å². The predicted octanol–water partition coefficient (Wildman–Crippen LogP) is 12.4. The van der Waals surface area contributed by atoms with Crippen molar-refractivity contribution in [1.82, 2.24) is 0 Å². The monoisotopic (exact) mass is 1220 g/mol. The van der Waals surface area contributed by atoms with Crippen LogP contribution in [0.2, 0.25) is 0 Å². The van der Waals surface area contributed by atoms with Gasteiger partial charge in [-0.2, -0.15) is 35.5 Å². The molecule has 0 aliphatic rings. The van der Waals surface area contributed by atoms with Crippen molar-refractivity contribution >= 4 is 144 Å². The predicted molar refractivity (Wildman–Crippen MR) is 282 cm³/mol. The van der Waals surface area contributed by atoms with Gasteiger partial charge in [-0.05, 0) is 95.0 Å². The molecule has 7 aromatic rings. The fraction of sp³-hybridized carbons (Fsp3) is 0.0233. The van der Waals surface area contributed by atoms with Gasteiger partial charge in [-0.3, -0.25) is 13.7 Å². The summed E-state index contributed by atoms with van der Waals surface area (Å²) in [5, 5.41) is 104. The number of hydrogen-bond acceptors (Lipinski definition) is 31. The Morgan fingerprint density at radius 1 is 0.575 bits per heavy atom. The number of phenols is 3. The maximum Gasteiger partial charge on any atom is 0.296 e. The molecule has 0 spiro atoms. The number of benzene rings is 7. The highest BCUT2D eigenvalue weighted by Crippen LogP contribution is 2.51. The number of fused-ring (bicyclic) bond motifs is 3. The molecule has 0 radical (unpaired) electrons. The molecule has 0 bridgehead atoms. The number of anilines is 1. The van der Waals surface area contributed by atoms with Crippen LogP contribution in [0.15, 0.2) is 180 Å². The third-order valence-electron chi connectivity index (χ3n) is 10.3. The van der Waals surface area contributed by atoms with E-state index in [4.69, 9.17) is 26.2 Å². The second kappa shape index (κ2) is 25.6. The van der Waals surface area contributed by atoms with Crippen molar-refractivity contribution in [2.75, 3.05) is 12.8 Å². The molecule has 0 unspecified atom stereocenters. The lowest BCUT2D eigenvalue weighted by molar-refractivity contribution is -0.432. The first-order chi connectivity index (χ1) is 38.0. The second-order valence-electron chi connectivity index (χ2n) is 15.2.